The first-order chi connectivity index (χ1) is 7.24. The molecule has 0 saturated carbocycles. The van der Waals surface area contributed by atoms with Crippen LogP contribution in [0.5, 0.6) is 0 Å². The molecule has 0 aliphatic rings. The van der Waals surface area contributed by atoms with Crippen molar-refractivity contribution in [2.45, 2.75) is 6.92 Å². The third-order valence-corrected chi connectivity index (χ3v) is 1.94. The summed E-state index contributed by atoms with van der Waals surface area (Å²) in [6, 6.07) is 0. The minimum Gasteiger partial charge on any atom is -0.409 e. The number of amidine groups is 1. The highest BCUT2D eigenvalue weighted by atomic mass is 16.5. The number of oxime groups is 1. The molecule has 0 unspecified atom stereocenters. The van der Waals surface area contributed by atoms with Crippen molar-refractivity contribution in [2.24, 2.45) is 10.9 Å². The summed E-state index contributed by atoms with van der Waals surface area (Å²) in [5.41, 5.74) is 5.40. The molecule has 0 heterocycles. The smallest absolute Gasteiger partial charge is 0.153 e. The molecule has 0 spiro atoms. The third-order valence-electron chi connectivity index (χ3n) is 1.94. The van der Waals surface area contributed by atoms with Gasteiger partial charge in [-0.2, -0.15) is 0 Å². The van der Waals surface area contributed by atoms with Crippen LogP contribution in [0.4, 0.5) is 0 Å². The van der Waals surface area contributed by atoms with Gasteiger partial charge in [-0.15, -0.1) is 0 Å². The van der Waals surface area contributed by atoms with E-state index in [0.29, 0.717) is 26.4 Å². The number of hydrogen-bond acceptors (Lipinski definition) is 5. The van der Waals surface area contributed by atoms with Crippen LogP contribution in [0.15, 0.2) is 5.16 Å². The molecule has 0 atom stereocenters. The maximum Gasteiger partial charge on any atom is 0.153 e. The van der Waals surface area contributed by atoms with Crippen LogP contribution in [0.2, 0.25) is 0 Å². The van der Waals surface area contributed by atoms with Gasteiger partial charge in [-0.05, 0) is 6.54 Å². The predicted octanol–water partition coefficient (Wildman–Crippen LogP) is -0.282. The molecule has 6 nitrogen and oxygen atoms in total. The topological polar surface area (TPSA) is 80.3 Å². The summed E-state index contributed by atoms with van der Waals surface area (Å²) in [6.45, 7) is 5.89. The second kappa shape index (κ2) is 9.70. The van der Waals surface area contributed by atoms with E-state index < -0.39 is 0 Å². The van der Waals surface area contributed by atoms with Crippen LogP contribution in [-0.2, 0) is 9.47 Å². The van der Waals surface area contributed by atoms with E-state index in [2.05, 4.69) is 5.16 Å². The maximum absolute atomic E-state index is 8.41. The zero-order valence-corrected chi connectivity index (χ0v) is 9.48. The van der Waals surface area contributed by atoms with Gasteiger partial charge in [-0.3, -0.25) is 4.90 Å². The van der Waals surface area contributed by atoms with Gasteiger partial charge < -0.3 is 20.4 Å². The lowest BCUT2D eigenvalue weighted by Crippen LogP contribution is -2.36. The molecule has 0 radical (unpaired) electrons. The van der Waals surface area contributed by atoms with E-state index in [1.54, 1.807) is 7.11 Å². The quantitative estimate of drug-likeness (QED) is 0.183. The Labute approximate surface area is 90.6 Å². The molecule has 3 N–H and O–H groups in total. The van der Waals surface area contributed by atoms with Crippen molar-refractivity contribution < 1.29 is 14.7 Å². The highest BCUT2D eigenvalue weighted by Gasteiger charge is 2.04. The van der Waals surface area contributed by atoms with Crippen molar-refractivity contribution in [3.63, 3.8) is 0 Å². The largest absolute Gasteiger partial charge is 0.409 e. The van der Waals surface area contributed by atoms with Crippen molar-refractivity contribution in [1.82, 2.24) is 4.90 Å². The summed E-state index contributed by atoms with van der Waals surface area (Å²) in [5, 5.41) is 11.3. The van der Waals surface area contributed by atoms with Crippen LogP contribution < -0.4 is 5.73 Å². The van der Waals surface area contributed by atoms with Crippen LogP contribution >= 0.6 is 0 Å². The number of methoxy groups -OCH3 is 1. The molecule has 15 heavy (non-hydrogen) atoms. The Bertz CT molecular complexity index is 176. The highest BCUT2D eigenvalue weighted by molar-refractivity contribution is 5.81. The summed E-state index contributed by atoms with van der Waals surface area (Å²) < 4.78 is 10.2. The first kappa shape index (κ1) is 14.2. The van der Waals surface area contributed by atoms with E-state index in [1.165, 1.54) is 0 Å². The fourth-order valence-corrected chi connectivity index (χ4v) is 1.05. The molecule has 90 valence electrons. The van der Waals surface area contributed by atoms with Crippen molar-refractivity contribution in [2.75, 3.05) is 46.6 Å². The minimum atomic E-state index is 0.216. The molecule has 0 fully saturated rings. The first-order valence-corrected chi connectivity index (χ1v) is 5.00. The zero-order valence-electron chi connectivity index (χ0n) is 9.48. The SMILES string of the molecule is CCN(CCOCCOC)CC(N)=NO. The van der Waals surface area contributed by atoms with E-state index in [0.717, 1.165) is 13.1 Å². The summed E-state index contributed by atoms with van der Waals surface area (Å²) in [7, 11) is 1.64. The molecule has 0 amide bonds. The van der Waals surface area contributed by atoms with Gasteiger partial charge in [0, 0.05) is 13.7 Å². The normalized spacial score (nSPS) is 12.3. The molecule has 0 aromatic carbocycles. The molecule has 0 rings (SSSR count). The van der Waals surface area contributed by atoms with E-state index in [-0.39, 0.29) is 5.84 Å². The Morgan fingerprint density at radius 3 is 2.67 bits per heavy atom. The Kier molecular flexibility index (Phi) is 9.15. The van der Waals surface area contributed by atoms with Gasteiger partial charge in [-0.25, -0.2) is 0 Å². The molecule has 0 aromatic heterocycles. The Balaban J connectivity index is 3.53. The van der Waals surface area contributed by atoms with Crippen molar-refractivity contribution >= 4 is 5.84 Å². The lowest BCUT2D eigenvalue weighted by Gasteiger charge is -2.19. The van der Waals surface area contributed by atoms with Gasteiger partial charge in [0.15, 0.2) is 5.84 Å². The number of rotatable bonds is 9. The molecule has 0 saturated heterocycles. The molecule has 0 aliphatic carbocycles. The Morgan fingerprint density at radius 1 is 1.40 bits per heavy atom. The average molecular weight is 219 g/mol. The Morgan fingerprint density at radius 2 is 2.13 bits per heavy atom. The second-order valence-electron chi connectivity index (χ2n) is 3.07. The minimum absolute atomic E-state index is 0.216. The second-order valence-corrected chi connectivity index (χ2v) is 3.07. The van der Waals surface area contributed by atoms with Crippen LogP contribution in [0, 0.1) is 0 Å². The molecule has 0 aromatic rings. The number of ether oxygens (including phenoxy) is 2. The maximum atomic E-state index is 8.41. The fraction of sp³-hybridized carbons (Fsp3) is 0.889. The molecular weight excluding hydrogens is 198 g/mol. The van der Waals surface area contributed by atoms with Gasteiger partial charge >= 0.3 is 0 Å². The lowest BCUT2D eigenvalue weighted by molar-refractivity contribution is 0.0598. The number of nitrogens with two attached hydrogens (primary N) is 1. The molecular formula is C9H21N3O3. The number of hydrogen-bond donors (Lipinski definition) is 2. The zero-order chi connectivity index (χ0) is 11.5. The highest BCUT2D eigenvalue weighted by Crippen LogP contribution is 1.88. The van der Waals surface area contributed by atoms with Crippen LogP contribution in [0.25, 0.3) is 0 Å². The molecule has 0 bridgehead atoms. The standard InChI is InChI=1S/C9H21N3O3/c1-3-12(8-9(10)11-13)4-5-15-7-6-14-2/h13H,3-8H2,1-2H3,(H2,10,11). The monoisotopic (exact) mass is 219 g/mol. The van der Waals surface area contributed by atoms with E-state index in [4.69, 9.17) is 20.4 Å². The van der Waals surface area contributed by atoms with Crippen molar-refractivity contribution in [3.8, 4) is 0 Å². The van der Waals surface area contributed by atoms with Gasteiger partial charge in [0.25, 0.3) is 0 Å². The fourth-order valence-electron chi connectivity index (χ4n) is 1.05. The van der Waals surface area contributed by atoms with E-state index >= 15 is 0 Å². The van der Waals surface area contributed by atoms with Crippen molar-refractivity contribution in [3.05, 3.63) is 0 Å². The van der Waals surface area contributed by atoms with E-state index in [1.807, 2.05) is 11.8 Å². The van der Waals surface area contributed by atoms with E-state index in [9.17, 15) is 0 Å². The first-order valence-electron chi connectivity index (χ1n) is 5.00. The number of nitrogens with zero attached hydrogens (tertiary/aromatic N) is 2. The van der Waals surface area contributed by atoms with Gasteiger partial charge in [0.1, 0.15) is 0 Å². The summed E-state index contributed by atoms with van der Waals surface area (Å²) in [5.74, 6) is 0.216. The summed E-state index contributed by atoms with van der Waals surface area (Å²) >= 11 is 0. The summed E-state index contributed by atoms with van der Waals surface area (Å²) in [6.07, 6.45) is 0. The van der Waals surface area contributed by atoms with Crippen molar-refractivity contribution in [1.29, 1.82) is 0 Å². The number of likely N-dealkylation sites (N-methyl/N-ethyl adjacent to an activating group) is 1. The van der Waals surface area contributed by atoms with Gasteiger partial charge in [0.05, 0.1) is 26.4 Å². The van der Waals surface area contributed by atoms with Gasteiger partial charge in [-0.1, -0.05) is 12.1 Å². The molecule has 6 heteroatoms. The lowest BCUT2D eigenvalue weighted by atomic mass is 10.4. The average Bonchev–Trinajstić information content (AvgIpc) is 2.26. The van der Waals surface area contributed by atoms with Crippen LogP contribution in [-0.4, -0.2) is 62.5 Å². The van der Waals surface area contributed by atoms with Gasteiger partial charge in [0.2, 0.25) is 0 Å². The summed E-state index contributed by atoms with van der Waals surface area (Å²) in [4.78, 5) is 2.03. The third kappa shape index (κ3) is 8.17. The molecule has 0 aliphatic heterocycles. The Hall–Kier alpha value is -0.850. The van der Waals surface area contributed by atoms with Crippen LogP contribution in [0.3, 0.4) is 0 Å². The van der Waals surface area contributed by atoms with Crippen LogP contribution in [0.1, 0.15) is 6.92 Å². The predicted molar refractivity (Wildman–Crippen MR) is 58.2 cm³/mol.